The molecule has 0 aliphatic carbocycles. The molecule has 16 heavy (non-hydrogen) atoms. The fourth-order valence-corrected chi connectivity index (χ4v) is 1.68. The van der Waals surface area contributed by atoms with E-state index in [1.807, 2.05) is 0 Å². The molecule has 84 valence electrons. The van der Waals surface area contributed by atoms with Gasteiger partial charge in [-0.2, -0.15) is 0 Å². The molecule has 5 heteroatoms. The second kappa shape index (κ2) is 5.01. The van der Waals surface area contributed by atoms with Crippen molar-refractivity contribution < 1.29 is 14.3 Å². The molecular formula is C11H10ClNO3. The van der Waals surface area contributed by atoms with Crippen molar-refractivity contribution in [1.29, 1.82) is 0 Å². The molecule has 0 amide bonds. The second-order valence-corrected chi connectivity index (χ2v) is 3.76. The van der Waals surface area contributed by atoms with E-state index in [1.54, 1.807) is 12.1 Å². The van der Waals surface area contributed by atoms with Gasteiger partial charge in [-0.3, -0.25) is 0 Å². The maximum atomic E-state index is 10.0. The Labute approximate surface area is 97.8 Å². The predicted octanol–water partition coefficient (Wildman–Crippen LogP) is 2.34. The van der Waals surface area contributed by atoms with Crippen LogP contribution in [-0.4, -0.2) is 19.3 Å². The Morgan fingerprint density at radius 3 is 2.69 bits per heavy atom. The van der Waals surface area contributed by atoms with Crippen molar-refractivity contribution in [3.8, 4) is 11.5 Å². The Balaban J connectivity index is 2.34. The Kier molecular flexibility index (Phi) is 3.44. The van der Waals surface area contributed by atoms with Gasteiger partial charge in [-0.1, -0.05) is 11.6 Å². The Bertz CT molecular complexity index is 441. The number of isocyanates is 1. The number of aliphatic imine (C=N–C) groups is 1. The molecule has 0 saturated heterocycles. The highest BCUT2D eigenvalue weighted by molar-refractivity contribution is 6.31. The number of fused-ring (bicyclic) bond motifs is 1. The Morgan fingerprint density at radius 1 is 1.31 bits per heavy atom. The van der Waals surface area contributed by atoms with E-state index in [1.165, 1.54) is 6.08 Å². The normalized spacial score (nSPS) is 13.8. The minimum Gasteiger partial charge on any atom is -0.490 e. The van der Waals surface area contributed by atoms with Gasteiger partial charge in [-0.25, -0.2) is 9.79 Å². The smallest absolute Gasteiger partial charge is 0.235 e. The Hall–Kier alpha value is -1.51. The van der Waals surface area contributed by atoms with Crippen LogP contribution in [0.25, 0.3) is 0 Å². The van der Waals surface area contributed by atoms with E-state index < -0.39 is 0 Å². The van der Waals surface area contributed by atoms with E-state index in [4.69, 9.17) is 21.1 Å². The monoisotopic (exact) mass is 239 g/mol. The first-order chi connectivity index (χ1) is 7.81. The van der Waals surface area contributed by atoms with Gasteiger partial charge in [0.05, 0.1) is 19.8 Å². The molecular weight excluding hydrogens is 230 g/mol. The van der Waals surface area contributed by atoms with E-state index >= 15 is 0 Å². The van der Waals surface area contributed by atoms with E-state index in [2.05, 4.69) is 4.99 Å². The van der Waals surface area contributed by atoms with Gasteiger partial charge in [-0.15, -0.1) is 0 Å². The lowest BCUT2D eigenvalue weighted by molar-refractivity contribution is 0.297. The van der Waals surface area contributed by atoms with Crippen molar-refractivity contribution in [3.05, 3.63) is 22.7 Å². The van der Waals surface area contributed by atoms with E-state index in [-0.39, 0.29) is 6.54 Å². The molecule has 1 aromatic carbocycles. The summed E-state index contributed by atoms with van der Waals surface area (Å²) in [6, 6.07) is 3.45. The number of halogens is 1. The molecule has 4 nitrogen and oxygen atoms in total. The Morgan fingerprint density at radius 2 is 2.00 bits per heavy atom. The summed E-state index contributed by atoms with van der Waals surface area (Å²) >= 11 is 6.02. The molecule has 0 bridgehead atoms. The molecule has 0 aromatic heterocycles. The van der Waals surface area contributed by atoms with Crippen molar-refractivity contribution in [3.63, 3.8) is 0 Å². The summed E-state index contributed by atoms with van der Waals surface area (Å²) in [7, 11) is 0. The predicted molar refractivity (Wildman–Crippen MR) is 58.9 cm³/mol. The molecule has 2 rings (SSSR count). The zero-order valence-corrected chi connectivity index (χ0v) is 9.29. The number of rotatable bonds is 2. The van der Waals surface area contributed by atoms with Crippen LogP contribution in [0.3, 0.4) is 0 Å². The van der Waals surface area contributed by atoms with E-state index in [0.717, 1.165) is 12.0 Å². The van der Waals surface area contributed by atoms with Crippen LogP contribution in [0, 0.1) is 0 Å². The SMILES string of the molecule is O=C=NCc1cc2c(cc1Cl)OCCCO2. The largest absolute Gasteiger partial charge is 0.490 e. The molecule has 1 heterocycles. The maximum absolute atomic E-state index is 10.0. The highest BCUT2D eigenvalue weighted by Gasteiger charge is 2.13. The number of hydrogen-bond donors (Lipinski definition) is 0. The molecule has 1 aromatic rings. The first kappa shape index (κ1) is 11.0. The summed E-state index contributed by atoms with van der Waals surface area (Å²) < 4.78 is 11.0. The van der Waals surface area contributed by atoms with Gasteiger partial charge in [0.1, 0.15) is 0 Å². The molecule has 0 atom stereocenters. The minimum atomic E-state index is 0.207. The van der Waals surface area contributed by atoms with Gasteiger partial charge in [0, 0.05) is 17.5 Å². The summed E-state index contributed by atoms with van der Waals surface area (Å²) in [5, 5.41) is 0.517. The van der Waals surface area contributed by atoms with Gasteiger partial charge >= 0.3 is 0 Å². The zero-order chi connectivity index (χ0) is 11.4. The van der Waals surface area contributed by atoms with Crippen LogP contribution in [0.15, 0.2) is 17.1 Å². The van der Waals surface area contributed by atoms with Crippen LogP contribution >= 0.6 is 11.6 Å². The van der Waals surface area contributed by atoms with Gasteiger partial charge in [-0.05, 0) is 11.6 Å². The second-order valence-electron chi connectivity index (χ2n) is 3.35. The number of ether oxygens (including phenoxy) is 2. The molecule has 0 unspecified atom stereocenters. The molecule has 0 spiro atoms. The van der Waals surface area contributed by atoms with Gasteiger partial charge in [0.15, 0.2) is 11.5 Å². The molecule has 0 radical (unpaired) electrons. The highest BCUT2D eigenvalue weighted by atomic mass is 35.5. The van der Waals surface area contributed by atoms with Crippen LogP contribution < -0.4 is 9.47 Å². The molecule has 1 aliphatic heterocycles. The lowest BCUT2D eigenvalue weighted by Gasteiger charge is -2.09. The van der Waals surface area contributed by atoms with Crippen molar-refractivity contribution >= 4 is 17.7 Å². The fraction of sp³-hybridized carbons (Fsp3) is 0.364. The van der Waals surface area contributed by atoms with Crippen molar-refractivity contribution in [2.24, 2.45) is 4.99 Å². The van der Waals surface area contributed by atoms with Gasteiger partial charge < -0.3 is 9.47 Å². The highest BCUT2D eigenvalue weighted by Crippen LogP contribution is 2.35. The average Bonchev–Trinajstić information content (AvgIpc) is 2.50. The summed E-state index contributed by atoms with van der Waals surface area (Å²) in [4.78, 5) is 13.5. The van der Waals surface area contributed by atoms with Crippen LogP contribution in [0.2, 0.25) is 5.02 Å². The van der Waals surface area contributed by atoms with Crippen molar-refractivity contribution in [2.75, 3.05) is 13.2 Å². The minimum absolute atomic E-state index is 0.207. The summed E-state index contributed by atoms with van der Waals surface area (Å²) in [5.74, 6) is 1.29. The number of hydrogen-bond acceptors (Lipinski definition) is 4. The van der Waals surface area contributed by atoms with Gasteiger partial charge in [0.25, 0.3) is 0 Å². The zero-order valence-electron chi connectivity index (χ0n) is 8.53. The average molecular weight is 240 g/mol. The van der Waals surface area contributed by atoms with Crippen LogP contribution in [-0.2, 0) is 11.3 Å². The molecule has 1 aliphatic rings. The number of carbonyl (C=O) groups excluding carboxylic acids is 1. The maximum Gasteiger partial charge on any atom is 0.235 e. The topological polar surface area (TPSA) is 47.9 Å². The van der Waals surface area contributed by atoms with Crippen molar-refractivity contribution in [1.82, 2.24) is 0 Å². The summed E-state index contributed by atoms with van der Waals surface area (Å²) in [6.07, 6.45) is 2.32. The first-order valence-corrected chi connectivity index (χ1v) is 5.30. The third kappa shape index (κ3) is 2.35. The number of nitrogens with zero attached hydrogens (tertiary/aromatic N) is 1. The van der Waals surface area contributed by atoms with Gasteiger partial charge in [0.2, 0.25) is 6.08 Å². The lowest BCUT2D eigenvalue weighted by atomic mass is 10.2. The summed E-state index contributed by atoms with van der Waals surface area (Å²) in [6.45, 7) is 1.44. The third-order valence-corrected chi connectivity index (χ3v) is 2.58. The van der Waals surface area contributed by atoms with Crippen LogP contribution in [0.4, 0.5) is 0 Å². The fourth-order valence-electron chi connectivity index (χ4n) is 1.46. The third-order valence-electron chi connectivity index (χ3n) is 2.23. The molecule has 0 fully saturated rings. The van der Waals surface area contributed by atoms with E-state index in [9.17, 15) is 4.79 Å². The van der Waals surface area contributed by atoms with Crippen molar-refractivity contribution in [2.45, 2.75) is 13.0 Å². The standard InChI is InChI=1S/C11H10ClNO3/c12-9-5-11-10(15-2-1-3-16-11)4-8(9)6-13-7-14/h4-5H,1-3,6H2. The molecule has 0 saturated carbocycles. The summed E-state index contributed by atoms with van der Waals surface area (Å²) in [5.41, 5.74) is 0.731. The van der Waals surface area contributed by atoms with Crippen LogP contribution in [0.1, 0.15) is 12.0 Å². The van der Waals surface area contributed by atoms with E-state index in [0.29, 0.717) is 29.7 Å². The number of benzene rings is 1. The lowest BCUT2D eigenvalue weighted by Crippen LogP contribution is -1.97. The van der Waals surface area contributed by atoms with Crippen LogP contribution in [0.5, 0.6) is 11.5 Å². The first-order valence-electron chi connectivity index (χ1n) is 4.93. The quantitative estimate of drug-likeness (QED) is 0.588. The molecule has 0 N–H and O–H groups in total.